The van der Waals surface area contributed by atoms with E-state index in [0.717, 1.165) is 31.8 Å². The molecule has 2 heterocycles. The molecule has 1 saturated heterocycles. The van der Waals surface area contributed by atoms with Gasteiger partial charge in [0.25, 0.3) is 5.91 Å². The summed E-state index contributed by atoms with van der Waals surface area (Å²) in [5.41, 5.74) is 0.691. The lowest BCUT2D eigenvalue weighted by molar-refractivity contribution is 0.0761. The molecule has 0 unspecified atom stereocenters. The highest BCUT2D eigenvalue weighted by atomic mass is 16.2. The standard InChI is InChI=1S/C16H25N3O/c1-12(2)18-15-14(7-4-9-17-15)16(20)19-10-5-6-13(3)8-11-19/h4,7,9,12-13H,5-6,8,10-11H2,1-3H3,(H,17,18)/t13-/m1/s1. The number of aromatic nitrogens is 1. The molecule has 4 heteroatoms. The van der Waals surface area contributed by atoms with E-state index in [4.69, 9.17) is 0 Å². The summed E-state index contributed by atoms with van der Waals surface area (Å²) in [6.45, 7) is 8.09. The molecule has 1 aromatic rings. The average molecular weight is 275 g/mol. The van der Waals surface area contributed by atoms with E-state index in [2.05, 4.69) is 31.1 Å². The molecule has 0 saturated carbocycles. The molecule has 1 fully saturated rings. The molecule has 1 aromatic heterocycles. The lowest BCUT2D eigenvalue weighted by atomic mass is 10.0. The number of anilines is 1. The molecule has 0 spiro atoms. The molecule has 1 aliphatic heterocycles. The van der Waals surface area contributed by atoms with Crippen LogP contribution < -0.4 is 5.32 Å². The van der Waals surface area contributed by atoms with Gasteiger partial charge in [-0.05, 0) is 51.2 Å². The molecule has 0 bridgehead atoms. The van der Waals surface area contributed by atoms with Crippen LogP contribution in [0.2, 0.25) is 0 Å². The highest BCUT2D eigenvalue weighted by Gasteiger charge is 2.22. The van der Waals surface area contributed by atoms with Crippen LogP contribution in [0.15, 0.2) is 18.3 Å². The number of pyridine rings is 1. The fraction of sp³-hybridized carbons (Fsp3) is 0.625. The van der Waals surface area contributed by atoms with Crippen molar-refractivity contribution in [1.29, 1.82) is 0 Å². The summed E-state index contributed by atoms with van der Waals surface area (Å²) in [4.78, 5) is 19.0. The maximum Gasteiger partial charge on any atom is 0.257 e. The summed E-state index contributed by atoms with van der Waals surface area (Å²) in [5, 5.41) is 3.26. The van der Waals surface area contributed by atoms with Crippen molar-refractivity contribution in [2.75, 3.05) is 18.4 Å². The molecule has 1 atom stereocenters. The zero-order valence-corrected chi connectivity index (χ0v) is 12.7. The van der Waals surface area contributed by atoms with Crippen LogP contribution in [-0.4, -0.2) is 34.9 Å². The molecule has 110 valence electrons. The highest BCUT2D eigenvalue weighted by molar-refractivity contribution is 5.98. The molecule has 20 heavy (non-hydrogen) atoms. The monoisotopic (exact) mass is 275 g/mol. The summed E-state index contributed by atoms with van der Waals surface area (Å²) >= 11 is 0. The Balaban J connectivity index is 2.15. The van der Waals surface area contributed by atoms with Crippen LogP contribution in [0.5, 0.6) is 0 Å². The first-order valence-corrected chi connectivity index (χ1v) is 7.58. The quantitative estimate of drug-likeness (QED) is 0.921. The largest absolute Gasteiger partial charge is 0.367 e. The molecule has 0 radical (unpaired) electrons. The second-order valence-electron chi connectivity index (χ2n) is 6.03. The van der Waals surface area contributed by atoms with E-state index >= 15 is 0 Å². The predicted molar refractivity (Wildman–Crippen MR) is 81.9 cm³/mol. The number of hydrogen-bond acceptors (Lipinski definition) is 3. The average Bonchev–Trinajstić information content (AvgIpc) is 2.63. The number of carbonyl (C=O) groups excluding carboxylic acids is 1. The van der Waals surface area contributed by atoms with E-state index in [1.54, 1.807) is 6.20 Å². The molecule has 0 aromatic carbocycles. The topological polar surface area (TPSA) is 45.2 Å². The Bertz CT molecular complexity index is 459. The van der Waals surface area contributed by atoms with Crippen molar-refractivity contribution >= 4 is 11.7 Å². The van der Waals surface area contributed by atoms with Gasteiger partial charge in [-0.3, -0.25) is 4.79 Å². The van der Waals surface area contributed by atoms with Crippen LogP contribution in [0.25, 0.3) is 0 Å². The summed E-state index contributed by atoms with van der Waals surface area (Å²) in [6.07, 6.45) is 5.14. The summed E-state index contributed by atoms with van der Waals surface area (Å²) in [7, 11) is 0. The Kier molecular flexibility index (Phi) is 4.99. The van der Waals surface area contributed by atoms with E-state index in [9.17, 15) is 4.79 Å². The number of hydrogen-bond donors (Lipinski definition) is 1. The van der Waals surface area contributed by atoms with Gasteiger partial charge in [-0.25, -0.2) is 4.98 Å². The first-order chi connectivity index (χ1) is 9.58. The number of rotatable bonds is 3. The molecule has 0 aliphatic carbocycles. The number of likely N-dealkylation sites (tertiary alicyclic amines) is 1. The van der Waals surface area contributed by atoms with Gasteiger partial charge in [0, 0.05) is 25.3 Å². The Hall–Kier alpha value is -1.58. The smallest absolute Gasteiger partial charge is 0.257 e. The normalized spacial score (nSPS) is 19.8. The van der Waals surface area contributed by atoms with Crippen molar-refractivity contribution in [2.24, 2.45) is 5.92 Å². The van der Waals surface area contributed by atoms with Gasteiger partial charge in [-0.15, -0.1) is 0 Å². The minimum Gasteiger partial charge on any atom is -0.367 e. The number of nitrogens with zero attached hydrogens (tertiary/aromatic N) is 2. The van der Waals surface area contributed by atoms with Crippen molar-refractivity contribution < 1.29 is 4.79 Å². The maximum atomic E-state index is 12.7. The SMILES string of the molecule is CC(C)Nc1ncccc1C(=O)N1CCC[C@@H](C)CC1. The fourth-order valence-corrected chi connectivity index (χ4v) is 2.60. The third-order valence-electron chi connectivity index (χ3n) is 3.77. The first-order valence-electron chi connectivity index (χ1n) is 7.58. The molecule has 2 rings (SSSR count). The molecular weight excluding hydrogens is 250 g/mol. The van der Waals surface area contributed by atoms with Gasteiger partial charge in [-0.1, -0.05) is 6.92 Å². The van der Waals surface area contributed by atoms with Gasteiger partial charge in [-0.2, -0.15) is 0 Å². The second-order valence-corrected chi connectivity index (χ2v) is 6.03. The van der Waals surface area contributed by atoms with Crippen molar-refractivity contribution in [3.05, 3.63) is 23.9 Å². The Morgan fingerprint density at radius 1 is 1.40 bits per heavy atom. The van der Waals surface area contributed by atoms with Crippen molar-refractivity contribution in [3.8, 4) is 0 Å². The second kappa shape index (κ2) is 6.73. The lowest BCUT2D eigenvalue weighted by Crippen LogP contribution is -2.33. The van der Waals surface area contributed by atoms with Gasteiger partial charge < -0.3 is 10.2 Å². The van der Waals surface area contributed by atoms with Crippen molar-refractivity contribution in [3.63, 3.8) is 0 Å². The summed E-state index contributed by atoms with van der Waals surface area (Å²) in [6, 6.07) is 3.97. The van der Waals surface area contributed by atoms with Gasteiger partial charge in [0.15, 0.2) is 0 Å². The summed E-state index contributed by atoms with van der Waals surface area (Å²) < 4.78 is 0. The zero-order chi connectivity index (χ0) is 14.5. The third kappa shape index (κ3) is 3.71. The third-order valence-corrected chi connectivity index (χ3v) is 3.77. The Morgan fingerprint density at radius 2 is 2.20 bits per heavy atom. The number of nitrogens with one attached hydrogen (secondary N) is 1. The van der Waals surface area contributed by atoms with Crippen LogP contribution in [0, 0.1) is 5.92 Å². The fourth-order valence-electron chi connectivity index (χ4n) is 2.60. The van der Waals surface area contributed by atoms with E-state index in [-0.39, 0.29) is 11.9 Å². The van der Waals surface area contributed by atoms with Gasteiger partial charge in [0.2, 0.25) is 0 Å². The molecular formula is C16H25N3O. The van der Waals surface area contributed by atoms with Gasteiger partial charge in [0.05, 0.1) is 5.56 Å². The van der Waals surface area contributed by atoms with Crippen molar-refractivity contribution in [1.82, 2.24) is 9.88 Å². The highest BCUT2D eigenvalue weighted by Crippen LogP contribution is 2.20. The Labute approximate surface area is 121 Å². The molecule has 4 nitrogen and oxygen atoms in total. The molecule has 1 aliphatic rings. The van der Waals surface area contributed by atoms with Crippen LogP contribution in [-0.2, 0) is 0 Å². The Morgan fingerprint density at radius 3 is 2.95 bits per heavy atom. The molecule has 1 amide bonds. The van der Waals surface area contributed by atoms with Gasteiger partial charge >= 0.3 is 0 Å². The first kappa shape index (κ1) is 14.8. The molecule has 1 N–H and O–H groups in total. The maximum absolute atomic E-state index is 12.7. The minimum atomic E-state index is 0.107. The van der Waals surface area contributed by atoms with E-state index < -0.39 is 0 Å². The van der Waals surface area contributed by atoms with Crippen LogP contribution in [0.4, 0.5) is 5.82 Å². The zero-order valence-electron chi connectivity index (χ0n) is 12.7. The van der Waals surface area contributed by atoms with E-state index in [1.165, 1.54) is 6.42 Å². The number of amides is 1. The minimum absolute atomic E-state index is 0.107. The van der Waals surface area contributed by atoms with Crippen LogP contribution in [0.3, 0.4) is 0 Å². The van der Waals surface area contributed by atoms with Crippen LogP contribution in [0.1, 0.15) is 50.4 Å². The van der Waals surface area contributed by atoms with E-state index in [0.29, 0.717) is 11.4 Å². The van der Waals surface area contributed by atoms with Gasteiger partial charge in [0.1, 0.15) is 5.82 Å². The van der Waals surface area contributed by atoms with E-state index in [1.807, 2.05) is 17.0 Å². The van der Waals surface area contributed by atoms with Crippen LogP contribution >= 0.6 is 0 Å². The predicted octanol–water partition coefficient (Wildman–Crippen LogP) is 3.16. The van der Waals surface area contributed by atoms with Crippen molar-refractivity contribution in [2.45, 2.75) is 46.1 Å². The lowest BCUT2D eigenvalue weighted by Gasteiger charge is -2.22. The summed E-state index contributed by atoms with van der Waals surface area (Å²) in [5.74, 6) is 1.52. The number of carbonyl (C=O) groups is 1.